The number of fused-ring (bicyclic) bond motifs is 3. The van der Waals surface area contributed by atoms with Crippen LogP contribution in [0.3, 0.4) is 0 Å². The predicted molar refractivity (Wildman–Crippen MR) is 90.5 cm³/mol. The van der Waals surface area contributed by atoms with Crippen molar-refractivity contribution in [1.82, 2.24) is 14.9 Å². The van der Waals surface area contributed by atoms with Crippen LogP contribution in [0.2, 0.25) is 0 Å². The lowest BCUT2D eigenvalue weighted by atomic mass is 9.71. The van der Waals surface area contributed by atoms with Crippen molar-refractivity contribution < 1.29 is 0 Å². The van der Waals surface area contributed by atoms with Crippen LogP contribution in [-0.4, -0.2) is 15.1 Å². The Balaban J connectivity index is 0.000000374. The Bertz CT molecular complexity index is 594. The van der Waals surface area contributed by atoms with Crippen LogP contribution in [0.1, 0.15) is 58.2 Å². The first-order valence-electron chi connectivity index (χ1n) is 8.45. The highest BCUT2D eigenvalue weighted by Crippen LogP contribution is 2.40. The molecule has 1 fully saturated rings. The van der Waals surface area contributed by atoms with E-state index in [0.717, 1.165) is 13.0 Å². The predicted octanol–water partition coefficient (Wildman–Crippen LogP) is 4.19. The topological polar surface area (TPSA) is 29.9 Å². The van der Waals surface area contributed by atoms with Crippen molar-refractivity contribution in [2.75, 3.05) is 0 Å². The Labute approximate surface area is 128 Å². The highest BCUT2D eigenvalue weighted by atomic mass is 15.1. The molecule has 2 aromatic heterocycles. The molecule has 0 aromatic carbocycles. The maximum absolute atomic E-state index is 4.59. The van der Waals surface area contributed by atoms with Crippen molar-refractivity contribution in [3.05, 3.63) is 29.6 Å². The highest BCUT2D eigenvalue weighted by Gasteiger charge is 2.41. The van der Waals surface area contributed by atoms with Gasteiger partial charge in [0.2, 0.25) is 0 Å². The van der Waals surface area contributed by atoms with Crippen LogP contribution in [0.15, 0.2) is 18.3 Å². The summed E-state index contributed by atoms with van der Waals surface area (Å²) in [5, 5.41) is 3.74. The van der Waals surface area contributed by atoms with E-state index in [2.05, 4.69) is 28.0 Å². The number of aryl methyl sites for hydroxylation is 1. The zero-order chi connectivity index (χ0) is 15.5. The Kier molecular flexibility index (Phi) is 5.04. The summed E-state index contributed by atoms with van der Waals surface area (Å²) in [6, 6.07) is 4.20. The molecule has 21 heavy (non-hydrogen) atoms. The molecule has 1 aliphatic carbocycles. The van der Waals surface area contributed by atoms with Crippen LogP contribution < -0.4 is 5.32 Å². The molecule has 3 nitrogen and oxygen atoms in total. The fourth-order valence-electron chi connectivity index (χ4n) is 3.42. The molecule has 4 rings (SSSR count). The molecular formula is C18H29N3. The number of hydrogen-bond acceptors (Lipinski definition) is 2. The van der Waals surface area contributed by atoms with Crippen molar-refractivity contribution >= 4 is 11.0 Å². The van der Waals surface area contributed by atoms with Gasteiger partial charge in [-0.05, 0) is 37.8 Å². The summed E-state index contributed by atoms with van der Waals surface area (Å²) in [7, 11) is 2.16. The van der Waals surface area contributed by atoms with Crippen LogP contribution in [-0.2, 0) is 20.0 Å². The Morgan fingerprint density at radius 1 is 1.19 bits per heavy atom. The summed E-state index contributed by atoms with van der Waals surface area (Å²) in [4.78, 5) is 4.59. The normalized spacial score (nSPS) is 18.0. The third kappa shape index (κ3) is 2.59. The molecule has 2 aliphatic rings. The first kappa shape index (κ1) is 16.0. The zero-order valence-corrected chi connectivity index (χ0v) is 14.2. The van der Waals surface area contributed by atoms with E-state index in [9.17, 15) is 0 Å². The number of aromatic nitrogens is 2. The van der Waals surface area contributed by atoms with Gasteiger partial charge >= 0.3 is 0 Å². The van der Waals surface area contributed by atoms with E-state index in [1.54, 1.807) is 0 Å². The number of hydrogen-bond donors (Lipinski definition) is 1. The molecule has 0 radical (unpaired) electrons. The van der Waals surface area contributed by atoms with Gasteiger partial charge in [0.1, 0.15) is 0 Å². The van der Waals surface area contributed by atoms with E-state index in [1.165, 1.54) is 41.6 Å². The van der Waals surface area contributed by atoms with Gasteiger partial charge < -0.3 is 9.88 Å². The van der Waals surface area contributed by atoms with E-state index < -0.39 is 0 Å². The molecule has 3 heterocycles. The molecule has 0 unspecified atom stereocenters. The van der Waals surface area contributed by atoms with Crippen molar-refractivity contribution in [3.63, 3.8) is 0 Å². The standard InChI is InChI=1S/C14H17N3.2C2H6/c1-17-11-4-2-7-15-13(11)10-8-14(5-3-6-14)16-9-12(10)17;2*1-2/h2,4,7,16H,3,5-6,8-9H2,1H3;2*1-2H3. The smallest absolute Gasteiger partial charge is 0.0916 e. The average molecular weight is 287 g/mol. The van der Waals surface area contributed by atoms with Gasteiger partial charge in [-0.2, -0.15) is 0 Å². The molecular weight excluding hydrogens is 258 g/mol. The zero-order valence-electron chi connectivity index (χ0n) is 14.2. The fourth-order valence-corrected chi connectivity index (χ4v) is 3.42. The number of nitrogens with zero attached hydrogens (tertiary/aromatic N) is 2. The van der Waals surface area contributed by atoms with Gasteiger partial charge in [-0.25, -0.2) is 0 Å². The van der Waals surface area contributed by atoms with Gasteiger partial charge in [-0.1, -0.05) is 27.7 Å². The molecule has 0 saturated heterocycles. The Morgan fingerprint density at radius 2 is 1.90 bits per heavy atom. The molecule has 116 valence electrons. The van der Waals surface area contributed by atoms with Gasteiger partial charge in [0.15, 0.2) is 0 Å². The number of pyridine rings is 1. The Hall–Kier alpha value is -1.35. The molecule has 1 spiro atoms. The highest BCUT2D eigenvalue weighted by molar-refractivity contribution is 5.81. The molecule has 1 saturated carbocycles. The van der Waals surface area contributed by atoms with Gasteiger partial charge in [0.25, 0.3) is 0 Å². The summed E-state index contributed by atoms with van der Waals surface area (Å²) < 4.78 is 2.30. The third-order valence-corrected chi connectivity index (χ3v) is 4.64. The monoisotopic (exact) mass is 287 g/mol. The lowest BCUT2D eigenvalue weighted by Gasteiger charge is -2.45. The largest absolute Gasteiger partial charge is 0.345 e. The minimum absolute atomic E-state index is 0.402. The van der Waals surface area contributed by atoms with E-state index >= 15 is 0 Å². The minimum atomic E-state index is 0.402. The van der Waals surface area contributed by atoms with E-state index in [-0.39, 0.29) is 0 Å². The van der Waals surface area contributed by atoms with Crippen LogP contribution in [0.4, 0.5) is 0 Å². The maximum Gasteiger partial charge on any atom is 0.0916 e. The summed E-state index contributed by atoms with van der Waals surface area (Å²) in [6.45, 7) is 9.00. The van der Waals surface area contributed by atoms with Gasteiger partial charge in [0.05, 0.1) is 11.0 Å². The quantitative estimate of drug-likeness (QED) is 0.787. The Morgan fingerprint density at radius 3 is 2.52 bits per heavy atom. The lowest BCUT2D eigenvalue weighted by molar-refractivity contribution is 0.169. The summed E-state index contributed by atoms with van der Waals surface area (Å²) >= 11 is 0. The second-order valence-corrected chi connectivity index (χ2v) is 5.52. The average Bonchev–Trinajstić information content (AvgIpc) is 2.83. The molecule has 0 amide bonds. The fraction of sp³-hybridized carbons (Fsp3) is 0.611. The van der Waals surface area contributed by atoms with Crippen LogP contribution >= 0.6 is 0 Å². The second kappa shape index (κ2) is 6.61. The molecule has 2 aromatic rings. The summed E-state index contributed by atoms with van der Waals surface area (Å²) in [6.07, 6.45) is 7.11. The van der Waals surface area contributed by atoms with Gasteiger partial charge in [0, 0.05) is 36.6 Å². The van der Waals surface area contributed by atoms with Crippen LogP contribution in [0, 0.1) is 0 Å². The minimum Gasteiger partial charge on any atom is -0.345 e. The van der Waals surface area contributed by atoms with E-state index in [1.807, 2.05) is 40.0 Å². The number of rotatable bonds is 0. The number of nitrogens with one attached hydrogen (secondary N) is 1. The molecule has 1 aliphatic heterocycles. The molecule has 0 bridgehead atoms. The van der Waals surface area contributed by atoms with Crippen molar-refractivity contribution in [2.24, 2.45) is 7.05 Å². The van der Waals surface area contributed by atoms with Crippen LogP contribution in [0.5, 0.6) is 0 Å². The second-order valence-electron chi connectivity index (χ2n) is 5.52. The summed E-state index contributed by atoms with van der Waals surface area (Å²) in [5.74, 6) is 0. The maximum atomic E-state index is 4.59. The first-order chi connectivity index (χ1) is 10.3. The van der Waals surface area contributed by atoms with Crippen LogP contribution in [0.25, 0.3) is 11.0 Å². The first-order valence-corrected chi connectivity index (χ1v) is 8.45. The molecule has 1 N–H and O–H groups in total. The van der Waals surface area contributed by atoms with Gasteiger partial charge in [-0.15, -0.1) is 0 Å². The van der Waals surface area contributed by atoms with Crippen molar-refractivity contribution in [1.29, 1.82) is 0 Å². The molecule has 3 heteroatoms. The van der Waals surface area contributed by atoms with Gasteiger partial charge in [-0.3, -0.25) is 4.98 Å². The van der Waals surface area contributed by atoms with Crippen molar-refractivity contribution in [2.45, 2.75) is 65.5 Å². The van der Waals surface area contributed by atoms with E-state index in [0.29, 0.717) is 5.54 Å². The van der Waals surface area contributed by atoms with E-state index in [4.69, 9.17) is 0 Å². The lowest BCUT2D eigenvalue weighted by Crippen LogP contribution is -2.54. The van der Waals surface area contributed by atoms with Crippen molar-refractivity contribution in [3.8, 4) is 0 Å². The third-order valence-electron chi connectivity index (χ3n) is 4.64. The molecule has 0 atom stereocenters. The summed E-state index contributed by atoms with van der Waals surface area (Å²) in [5.41, 5.74) is 5.81. The SMILES string of the molecule is CC.CC.Cn1c2c(c3ncccc31)CC1(CCC1)NC2.